The normalized spacial score (nSPS) is 11.0. The van der Waals surface area contributed by atoms with E-state index in [1.54, 1.807) is 18.5 Å². The van der Waals surface area contributed by atoms with Crippen molar-refractivity contribution in [3.63, 3.8) is 0 Å². The molecular formula is C11H10ClF3N2. The topological polar surface area (TPSA) is 28.7 Å². The third-order valence-electron chi connectivity index (χ3n) is 2.22. The highest BCUT2D eigenvalue weighted by Crippen LogP contribution is 2.29. The fourth-order valence-electron chi connectivity index (χ4n) is 1.47. The summed E-state index contributed by atoms with van der Waals surface area (Å²) in [4.78, 5) is 0. The average Bonchev–Trinajstić information content (AvgIpc) is 2.70. The van der Waals surface area contributed by atoms with E-state index in [0.717, 1.165) is 17.7 Å². The Kier molecular flexibility index (Phi) is 4.17. The standard InChI is InChI=1S/C11H9F3N2.ClH/c12-11(13,14)10-3-1-2-8(5-10)4-9-6-15-16-7-9;/h1-3,5-7H,4H2,(H,15,16);1H. The van der Waals surface area contributed by atoms with Gasteiger partial charge in [-0.1, -0.05) is 18.2 Å². The zero-order valence-electron chi connectivity index (χ0n) is 8.66. The van der Waals surface area contributed by atoms with Crippen molar-refractivity contribution in [1.82, 2.24) is 10.2 Å². The molecule has 0 atom stereocenters. The van der Waals surface area contributed by atoms with E-state index >= 15 is 0 Å². The lowest BCUT2D eigenvalue weighted by Crippen LogP contribution is -2.05. The maximum absolute atomic E-state index is 12.4. The van der Waals surface area contributed by atoms with Crippen LogP contribution in [0.4, 0.5) is 13.2 Å². The van der Waals surface area contributed by atoms with Gasteiger partial charge in [0.1, 0.15) is 0 Å². The molecule has 0 aliphatic heterocycles. The molecule has 0 saturated heterocycles. The summed E-state index contributed by atoms with van der Waals surface area (Å²) in [6.45, 7) is 0. The van der Waals surface area contributed by atoms with Crippen LogP contribution < -0.4 is 0 Å². The first-order valence-corrected chi connectivity index (χ1v) is 4.69. The van der Waals surface area contributed by atoms with Crippen LogP contribution in [0, 0.1) is 0 Å². The van der Waals surface area contributed by atoms with Crippen LogP contribution in [0.25, 0.3) is 0 Å². The van der Waals surface area contributed by atoms with Gasteiger partial charge in [-0.2, -0.15) is 18.3 Å². The number of benzene rings is 1. The van der Waals surface area contributed by atoms with Gasteiger partial charge < -0.3 is 0 Å². The van der Waals surface area contributed by atoms with Crippen molar-refractivity contribution in [3.05, 3.63) is 53.3 Å². The van der Waals surface area contributed by atoms with Crippen molar-refractivity contribution in [3.8, 4) is 0 Å². The molecule has 0 spiro atoms. The second-order valence-electron chi connectivity index (χ2n) is 3.48. The van der Waals surface area contributed by atoms with Crippen molar-refractivity contribution in [1.29, 1.82) is 0 Å². The average molecular weight is 263 g/mol. The second kappa shape index (κ2) is 5.23. The Balaban J connectivity index is 0.00000144. The number of aromatic amines is 1. The predicted octanol–water partition coefficient (Wildman–Crippen LogP) is 3.44. The summed E-state index contributed by atoms with van der Waals surface area (Å²) < 4.78 is 37.3. The number of hydrogen-bond acceptors (Lipinski definition) is 1. The third kappa shape index (κ3) is 3.49. The zero-order chi connectivity index (χ0) is 11.6. The Labute approximate surface area is 102 Å². The Morgan fingerprint density at radius 1 is 1.18 bits per heavy atom. The van der Waals surface area contributed by atoms with Gasteiger partial charge in [-0.15, -0.1) is 12.4 Å². The van der Waals surface area contributed by atoms with E-state index in [9.17, 15) is 13.2 Å². The third-order valence-corrected chi connectivity index (χ3v) is 2.22. The lowest BCUT2D eigenvalue weighted by atomic mass is 10.1. The summed E-state index contributed by atoms with van der Waals surface area (Å²) in [6.07, 6.45) is -0.576. The van der Waals surface area contributed by atoms with Crippen LogP contribution in [0.2, 0.25) is 0 Å². The van der Waals surface area contributed by atoms with Crippen molar-refractivity contribution < 1.29 is 13.2 Å². The molecule has 1 heterocycles. The summed E-state index contributed by atoms with van der Waals surface area (Å²) >= 11 is 0. The van der Waals surface area contributed by atoms with Crippen LogP contribution in [0.15, 0.2) is 36.7 Å². The van der Waals surface area contributed by atoms with E-state index in [1.807, 2.05) is 0 Å². The smallest absolute Gasteiger partial charge is 0.285 e. The number of nitrogens with zero attached hydrogens (tertiary/aromatic N) is 1. The molecule has 1 N–H and O–H groups in total. The van der Waals surface area contributed by atoms with Gasteiger partial charge >= 0.3 is 6.18 Å². The number of halogens is 4. The van der Waals surface area contributed by atoms with E-state index in [0.29, 0.717) is 12.0 Å². The molecule has 0 saturated carbocycles. The van der Waals surface area contributed by atoms with Crippen LogP contribution in [-0.4, -0.2) is 10.2 Å². The first-order valence-electron chi connectivity index (χ1n) is 4.69. The highest BCUT2D eigenvalue weighted by Gasteiger charge is 2.30. The quantitative estimate of drug-likeness (QED) is 0.882. The van der Waals surface area contributed by atoms with Gasteiger partial charge in [0.25, 0.3) is 0 Å². The van der Waals surface area contributed by atoms with E-state index in [1.165, 1.54) is 6.07 Å². The molecule has 0 amide bonds. The van der Waals surface area contributed by atoms with Crippen LogP contribution >= 0.6 is 12.4 Å². The lowest BCUT2D eigenvalue weighted by Gasteiger charge is -2.07. The highest BCUT2D eigenvalue weighted by molar-refractivity contribution is 5.85. The number of nitrogens with one attached hydrogen (secondary N) is 1. The van der Waals surface area contributed by atoms with Gasteiger partial charge in [0.2, 0.25) is 0 Å². The van der Waals surface area contributed by atoms with Gasteiger partial charge in [0.05, 0.1) is 11.8 Å². The molecule has 1 aromatic carbocycles. The fraction of sp³-hybridized carbons (Fsp3) is 0.182. The highest BCUT2D eigenvalue weighted by atomic mass is 35.5. The molecule has 0 radical (unpaired) electrons. The number of alkyl halides is 3. The van der Waals surface area contributed by atoms with Crippen molar-refractivity contribution >= 4 is 12.4 Å². The molecule has 92 valence electrons. The molecule has 2 rings (SSSR count). The van der Waals surface area contributed by atoms with Crippen molar-refractivity contribution in [2.75, 3.05) is 0 Å². The Morgan fingerprint density at radius 3 is 2.53 bits per heavy atom. The summed E-state index contributed by atoms with van der Waals surface area (Å²) in [5.74, 6) is 0. The molecule has 17 heavy (non-hydrogen) atoms. The first kappa shape index (κ1) is 13.6. The fourth-order valence-corrected chi connectivity index (χ4v) is 1.47. The number of H-pyrrole nitrogens is 1. The largest absolute Gasteiger partial charge is 0.416 e. The van der Waals surface area contributed by atoms with Crippen molar-refractivity contribution in [2.24, 2.45) is 0 Å². The molecule has 6 heteroatoms. The SMILES string of the molecule is Cl.FC(F)(F)c1cccc(Cc2cn[nH]c2)c1. The lowest BCUT2D eigenvalue weighted by molar-refractivity contribution is -0.137. The van der Waals surface area contributed by atoms with E-state index in [-0.39, 0.29) is 12.4 Å². The zero-order valence-corrected chi connectivity index (χ0v) is 9.48. The van der Waals surface area contributed by atoms with Crippen LogP contribution in [-0.2, 0) is 12.6 Å². The van der Waals surface area contributed by atoms with Crippen LogP contribution in [0.5, 0.6) is 0 Å². The van der Waals surface area contributed by atoms with E-state index in [2.05, 4.69) is 10.2 Å². The molecule has 0 aliphatic carbocycles. The number of hydrogen-bond donors (Lipinski definition) is 1. The summed E-state index contributed by atoms with van der Waals surface area (Å²) in [6, 6.07) is 5.31. The van der Waals surface area contributed by atoms with E-state index in [4.69, 9.17) is 0 Å². The summed E-state index contributed by atoms with van der Waals surface area (Å²) in [5.41, 5.74) is 0.865. The van der Waals surface area contributed by atoms with Crippen molar-refractivity contribution in [2.45, 2.75) is 12.6 Å². The van der Waals surface area contributed by atoms with Crippen LogP contribution in [0.1, 0.15) is 16.7 Å². The number of rotatable bonds is 2. The number of aromatic nitrogens is 2. The van der Waals surface area contributed by atoms with Gasteiger partial charge in [-0.25, -0.2) is 0 Å². The Hall–Kier alpha value is -1.49. The predicted molar refractivity (Wildman–Crippen MR) is 60.1 cm³/mol. The molecular weight excluding hydrogens is 253 g/mol. The maximum atomic E-state index is 12.4. The molecule has 0 bridgehead atoms. The minimum absolute atomic E-state index is 0. The minimum atomic E-state index is -4.29. The van der Waals surface area contributed by atoms with Gasteiger partial charge in [-0.3, -0.25) is 5.10 Å². The molecule has 0 fully saturated rings. The minimum Gasteiger partial charge on any atom is -0.285 e. The molecule has 0 aliphatic rings. The van der Waals surface area contributed by atoms with E-state index < -0.39 is 11.7 Å². The second-order valence-corrected chi connectivity index (χ2v) is 3.48. The summed E-state index contributed by atoms with van der Waals surface area (Å²) in [7, 11) is 0. The maximum Gasteiger partial charge on any atom is 0.416 e. The Morgan fingerprint density at radius 2 is 1.94 bits per heavy atom. The van der Waals surface area contributed by atoms with Gasteiger partial charge in [-0.05, 0) is 17.2 Å². The molecule has 2 nitrogen and oxygen atoms in total. The summed E-state index contributed by atoms with van der Waals surface area (Å²) in [5, 5.41) is 6.36. The van der Waals surface area contributed by atoms with Crippen LogP contribution in [0.3, 0.4) is 0 Å². The monoisotopic (exact) mass is 262 g/mol. The molecule has 1 aromatic heterocycles. The molecule has 0 unspecified atom stereocenters. The Bertz CT molecular complexity index is 466. The molecule has 2 aromatic rings. The van der Waals surface area contributed by atoms with Gasteiger partial charge in [0.15, 0.2) is 0 Å². The van der Waals surface area contributed by atoms with Gasteiger partial charge in [0, 0.05) is 12.6 Å². The first-order chi connectivity index (χ1) is 7.55.